The van der Waals surface area contributed by atoms with Crippen LogP contribution in [-0.2, 0) is 14.2 Å². The SMILES string of the molecule is C=C[C@H](C)[C@H](C[C@@H]1OC(C)(C)OCC1(C)C)OC. The fourth-order valence-corrected chi connectivity index (χ4v) is 2.24. The van der Waals surface area contributed by atoms with Crippen LogP contribution in [0.25, 0.3) is 0 Å². The third-order valence-electron chi connectivity index (χ3n) is 3.80. The molecular weight excluding hydrogens is 228 g/mol. The maximum absolute atomic E-state index is 6.08. The van der Waals surface area contributed by atoms with E-state index in [1.165, 1.54) is 0 Å². The summed E-state index contributed by atoms with van der Waals surface area (Å²) in [6, 6.07) is 0. The van der Waals surface area contributed by atoms with E-state index < -0.39 is 5.79 Å². The molecule has 0 amide bonds. The van der Waals surface area contributed by atoms with Crippen LogP contribution in [0.2, 0.25) is 0 Å². The first-order chi connectivity index (χ1) is 8.22. The molecule has 0 aromatic heterocycles. The highest BCUT2D eigenvalue weighted by Crippen LogP contribution is 2.38. The second kappa shape index (κ2) is 5.72. The summed E-state index contributed by atoms with van der Waals surface area (Å²) in [4.78, 5) is 0. The Labute approximate surface area is 111 Å². The normalized spacial score (nSPS) is 29.6. The summed E-state index contributed by atoms with van der Waals surface area (Å²) in [5.41, 5.74) is 0.00713. The Kier molecular flexibility index (Phi) is 4.98. The average Bonchev–Trinajstić information content (AvgIpc) is 2.29. The summed E-state index contributed by atoms with van der Waals surface area (Å²) in [6.07, 6.45) is 3.07. The third-order valence-corrected chi connectivity index (χ3v) is 3.80. The van der Waals surface area contributed by atoms with E-state index in [-0.39, 0.29) is 17.6 Å². The van der Waals surface area contributed by atoms with Crippen molar-refractivity contribution in [2.45, 2.75) is 59.0 Å². The van der Waals surface area contributed by atoms with Gasteiger partial charge in [0.25, 0.3) is 0 Å². The summed E-state index contributed by atoms with van der Waals surface area (Å²) in [7, 11) is 1.75. The zero-order chi connectivity index (χ0) is 14.0. The van der Waals surface area contributed by atoms with Crippen LogP contribution in [-0.4, -0.2) is 31.7 Å². The molecule has 1 saturated heterocycles. The molecule has 0 N–H and O–H groups in total. The Morgan fingerprint density at radius 3 is 2.50 bits per heavy atom. The van der Waals surface area contributed by atoms with Gasteiger partial charge in [-0.15, -0.1) is 6.58 Å². The Hall–Kier alpha value is -0.380. The van der Waals surface area contributed by atoms with Crippen molar-refractivity contribution in [3.05, 3.63) is 12.7 Å². The van der Waals surface area contributed by atoms with Crippen molar-refractivity contribution in [2.24, 2.45) is 11.3 Å². The monoisotopic (exact) mass is 256 g/mol. The lowest BCUT2D eigenvalue weighted by molar-refractivity contribution is -0.316. The van der Waals surface area contributed by atoms with Crippen molar-refractivity contribution in [1.29, 1.82) is 0 Å². The maximum atomic E-state index is 6.08. The van der Waals surface area contributed by atoms with E-state index in [1.807, 2.05) is 19.9 Å². The van der Waals surface area contributed by atoms with E-state index in [4.69, 9.17) is 14.2 Å². The molecule has 18 heavy (non-hydrogen) atoms. The van der Waals surface area contributed by atoms with Crippen molar-refractivity contribution >= 4 is 0 Å². The summed E-state index contributed by atoms with van der Waals surface area (Å²) in [5, 5.41) is 0. The van der Waals surface area contributed by atoms with Crippen molar-refractivity contribution < 1.29 is 14.2 Å². The Morgan fingerprint density at radius 2 is 2.00 bits per heavy atom. The number of methoxy groups -OCH3 is 1. The first kappa shape index (κ1) is 15.7. The first-order valence-electron chi connectivity index (χ1n) is 6.69. The minimum absolute atomic E-state index is 0.00713. The zero-order valence-corrected chi connectivity index (χ0v) is 12.7. The predicted molar refractivity (Wildman–Crippen MR) is 73.5 cm³/mol. The average molecular weight is 256 g/mol. The third kappa shape index (κ3) is 3.81. The van der Waals surface area contributed by atoms with Gasteiger partial charge in [0.15, 0.2) is 5.79 Å². The topological polar surface area (TPSA) is 27.7 Å². The highest BCUT2D eigenvalue weighted by Gasteiger charge is 2.43. The van der Waals surface area contributed by atoms with Gasteiger partial charge in [0.05, 0.1) is 18.8 Å². The van der Waals surface area contributed by atoms with Gasteiger partial charge in [0, 0.05) is 24.9 Å². The first-order valence-corrected chi connectivity index (χ1v) is 6.69. The molecule has 0 aliphatic carbocycles. The van der Waals surface area contributed by atoms with Crippen molar-refractivity contribution in [3.63, 3.8) is 0 Å². The molecule has 3 heteroatoms. The van der Waals surface area contributed by atoms with E-state index in [0.29, 0.717) is 12.5 Å². The Bertz CT molecular complexity index is 283. The van der Waals surface area contributed by atoms with E-state index >= 15 is 0 Å². The molecular formula is C15H28O3. The van der Waals surface area contributed by atoms with Gasteiger partial charge >= 0.3 is 0 Å². The molecule has 1 rings (SSSR count). The van der Waals surface area contributed by atoms with Gasteiger partial charge in [-0.3, -0.25) is 0 Å². The van der Waals surface area contributed by atoms with Crippen LogP contribution in [0.5, 0.6) is 0 Å². The van der Waals surface area contributed by atoms with Gasteiger partial charge in [0.2, 0.25) is 0 Å². The molecule has 3 atom stereocenters. The van der Waals surface area contributed by atoms with Gasteiger partial charge in [-0.1, -0.05) is 26.8 Å². The fourth-order valence-electron chi connectivity index (χ4n) is 2.24. The lowest BCUT2D eigenvalue weighted by atomic mass is 9.81. The van der Waals surface area contributed by atoms with Gasteiger partial charge < -0.3 is 14.2 Å². The second-order valence-corrected chi connectivity index (χ2v) is 6.39. The van der Waals surface area contributed by atoms with Crippen LogP contribution in [0, 0.1) is 11.3 Å². The molecule has 0 aromatic rings. The Balaban J connectivity index is 2.75. The summed E-state index contributed by atoms with van der Waals surface area (Å²) in [6.45, 7) is 15.0. The molecule has 0 saturated carbocycles. The Morgan fingerprint density at radius 1 is 1.39 bits per heavy atom. The molecule has 1 aliphatic rings. The van der Waals surface area contributed by atoms with Crippen LogP contribution in [0.3, 0.4) is 0 Å². The molecule has 106 valence electrons. The lowest BCUT2D eigenvalue weighted by Gasteiger charge is -2.47. The highest BCUT2D eigenvalue weighted by atomic mass is 16.7. The largest absolute Gasteiger partial charge is 0.381 e. The molecule has 3 nitrogen and oxygen atoms in total. The number of hydrogen-bond acceptors (Lipinski definition) is 3. The van der Waals surface area contributed by atoms with Crippen LogP contribution in [0.1, 0.15) is 41.0 Å². The second-order valence-electron chi connectivity index (χ2n) is 6.39. The van der Waals surface area contributed by atoms with Crippen molar-refractivity contribution in [1.82, 2.24) is 0 Å². The van der Waals surface area contributed by atoms with E-state index in [2.05, 4.69) is 27.4 Å². The van der Waals surface area contributed by atoms with Gasteiger partial charge in [0.1, 0.15) is 0 Å². The molecule has 1 fully saturated rings. The standard InChI is InChI=1S/C15H28O3/c1-8-11(2)12(16-7)9-13-14(3,4)10-17-15(5,6)18-13/h8,11-13H,1,9-10H2,2-7H3/t11-,12-,13-/m0/s1. The summed E-state index contributed by atoms with van der Waals surface area (Å²) >= 11 is 0. The molecule has 1 heterocycles. The minimum atomic E-state index is -0.504. The number of rotatable bonds is 5. The zero-order valence-electron chi connectivity index (χ0n) is 12.7. The lowest BCUT2D eigenvalue weighted by Crippen LogP contribution is -2.51. The number of hydrogen-bond donors (Lipinski definition) is 0. The van der Waals surface area contributed by atoms with Gasteiger partial charge in [-0.2, -0.15) is 0 Å². The van der Waals surface area contributed by atoms with Crippen LogP contribution in [0.4, 0.5) is 0 Å². The van der Waals surface area contributed by atoms with Crippen molar-refractivity contribution in [3.8, 4) is 0 Å². The quantitative estimate of drug-likeness (QED) is 0.706. The molecule has 0 aromatic carbocycles. The molecule has 0 bridgehead atoms. The maximum Gasteiger partial charge on any atom is 0.163 e. The number of ether oxygens (including phenoxy) is 3. The van der Waals surface area contributed by atoms with E-state index in [9.17, 15) is 0 Å². The van der Waals surface area contributed by atoms with E-state index in [1.54, 1.807) is 7.11 Å². The predicted octanol–water partition coefficient (Wildman–Crippen LogP) is 3.39. The highest BCUT2D eigenvalue weighted by molar-refractivity contribution is 4.90. The molecule has 0 spiro atoms. The smallest absolute Gasteiger partial charge is 0.163 e. The van der Waals surface area contributed by atoms with Gasteiger partial charge in [-0.25, -0.2) is 0 Å². The van der Waals surface area contributed by atoms with Gasteiger partial charge in [-0.05, 0) is 13.8 Å². The minimum Gasteiger partial charge on any atom is -0.381 e. The summed E-state index contributed by atoms with van der Waals surface area (Å²) < 4.78 is 17.4. The van der Waals surface area contributed by atoms with Crippen LogP contribution < -0.4 is 0 Å². The van der Waals surface area contributed by atoms with Crippen LogP contribution in [0.15, 0.2) is 12.7 Å². The molecule has 0 unspecified atom stereocenters. The molecule has 0 radical (unpaired) electrons. The van der Waals surface area contributed by atoms with Crippen molar-refractivity contribution in [2.75, 3.05) is 13.7 Å². The molecule has 1 aliphatic heterocycles. The van der Waals surface area contributed by atoms with E-state index in [0.717, 1.165) is 6.42 Å². The summed E-state index contributed by atoms with van der Waals surface area (Å²) in [5.74, 6) is -0.184. The van der Waals surface area contributed by atoms with Crippen LogP contribution >= 0.6 is 0 Å². The fraction of sp³-hybridized carbons (Fsp3) is 0.867.